The molecule has 4 N–H and O–H groups in total. The highest BCUT2D eigenvalue weighted by molar-refractivity contribution is 5.84. The SMILES string of the molecule is CC(C)[C@H](N)C(=O)NC(C)(C)C(C)(C)C(=O)O. The Morgan fingerprint density at radius 3 is 1.88 bits per heavy atom. The zero-order valence-electron chi connectivity index (χ0n) is 11.5. The van der Waals surface area contributed by atoms with E-state index in [-0.39, 0.29) is 11.8 Å². The maximum Gasteiger partial charge on any atom is 0.311 e. The minimum absolute atomic E-state index is 0.0127. The summed E-state index contributed by atoms with van der Waals surface area (Å²) in [7, 11) is 0. The molecule has 1 amide bonds. The lowest BCUT2D eigenvalue weighted by molar-refractivity contribution is -0.152. The first-order chi connectivity index (χ1) is 7.43. The predicted octanol–water partition coefficient (Wildman–Crippen LogP) is 0.975. The molecule has 0 aliphatic carbocycles. The highest BCUT2D eigenvalue weighted by atomic mass is 16.4. The van der Waals surface area contributed by atoms with Gasteiger partial charge >= 0.3 is 5.97 Å². The van der Waals surface area contributed by atoms with Crippen LogP contribution in [0.25, 0.3) is 0 Å². The van der Waals surface area contributed by atoms with Crippen LogP contribution in [0.15, 0.2) is 0 Å². The van der Waals surface area contributed by atoms with Crippen molar-refractivity contribution in [1.29, 1.82) is 0 Å². The molecule has 1 atom stereocenters. The molecule has 0 saturated carbocycles. The predicted molar refractivity (Wildman–Crippen MR) is 66.5 cm³/mol. The van der Waals surface area contributed by atoms with E-state index in [0.717, 1.165) is 0 Å². The van der Waals surface area contributed by atoms with Gasteiger partial charge in [0.25, 0.3) is 0 Å². The molecular formula is C12H24N2O3. The Hall–Kier alpha value is -1.10. The molecule has 0 spiro atoms. The quantitative estimate of drug-likeness (QED) is 0.672. The fourth-order valence-electron chi connectivity index (χ4n) is 1.12. The highest BCUT2D eigenvalue weighted by Crippen LogP contribution is 2.30. The van der Waals surface area contributed by atoms with Crippen LogP contribution >= 0.6 is 0 Å². The third-order valence-electron chi connectivity index (χ3n) is 3.55. The lowest BCUT2D eigenvalue weighted by atomic mass is 9.74. The summed E-state index contributed by atoms with van der Waals surface area (Å²) in [5.74, 6) is -1.26. The number of hydrogen-bond donors (Lipinski definition) is 3. The minimum atomic E-state index is -1.07. The zero-order chi connectivity index (χ0) is 14.0. The van der Waals surface area contributed by atoms with Gasteiger partial charge in [0.2, 0.25) is 5.91 Å². The van der Waals surface area contributed by atoms with E-state index in [1.54, 1.807) is 27.7 Å². The Balaban J connectivity index is 4.89. The van der Waals surface area contributed by atoms with Gasteiger partial charge in [0.15, 0.2) is 0 Å². The molecule has 0 aromatic heterocycles. The maximum absolute atomic E-state index is 11.8. The molecular weight excluding hydrogens is 220 g/mol. The second-order valence-corrected chi connectivity index (χ2v) is 5.81. The third-order valence-corrected chi connectivity index (χ3v) is 3.55. The zero-order valence-corrected chi connectivity index (χ0v) is 11.5. The molecule has 0 radical (unpaired) electrons. The van der Waals surface area contributed by atoms with E-state index in [1.165, 1.54) is 0 Å². The van der Waals surface area contributed by atoms with E-state index in [4.69, 9.17) is 10.8 Å². The molecule has 0 fully saturated rings. The smallest absolute Gasteiger partial charge is 0.311 e. The number of aliphatic carboxylic acids is 1. The van der Waals surface area contributed by atoms with Crippen molar-refractivity contribution < 1.29 is 14.7 Å². The van der Waals surface area contributed by atoms with Gasteiger partial charge in [-0.15, -0.1) is 0 Å². The maximum atomic E-state index is 11.8. The Kier molecular flexibility index (Phi) is 4.71. The molecule has 0 aliphatic heterocycles. The van der Waals surface area contributed by atoms with E-state index < -0.39 is 23.0 Å². The van der Waals surface area contributed by atoms with Crippen molar-refractivity contribution in [3.8, 4) is 0 Å². The number of carbonyl (C=O) groups excluding carboxylic acids is 1. The molecule has 100 valence electrons. The summed E-state index contributed by atoms with van der Waals surface area (Å²) in [6, 6.07) is -0.626. The van der Waals surface area contributed by atoms with E-state index in [9.17, 15) is 9.59 Å². The standard InChI is InChI=1S/C12H24N2O3/c1-7(2)8(13)9(15)14-12(5,6)11(3,4)10(16)17/h7-8H,13H2,1-6H3,(H,14,15)(H,16,17)/t8-/m0/s1. The highest BCUT2D eigenvalue weighted by Gasteiger charge is 2.45. The molecule has 5 nitrogen and oxygen atoms in total. The summed E-state index contributed by atoms with van der Waals surface area (Å²) in [6.07, 6.45) is 0. The van der Waals surface area contributed by atoms with Gasteiger partial charge in [-0.2, -0.15) is 0 Å². The van der Waals surface area contributed by atoms with E-state index >= 15 is 0 Å². The average molecular weight is 244 g/mol. The van der Waals surface area contributed by atoms with Crippen LogP contribution in [0.2, 0.25) is 0 Å². The van der Waals surface area contributed by atoms with Crippen molar-refractivity contribution in [1.82, 2.24) is 5.32 Å². The van der Waals surface area contributed by atoms with Crippen molar-refractivity contribution >= 4 is 11.9 Å². The second-order valence-electron chi connectivity index (χ2n) is 5.81. The molecule has 0 saturated heterocycles. The van der Waals surface area contributed by atoms with Crippen molar-refractivity contribution in [3.63, 3.8) is 0 Å². The van der Waals surface area contributed by atoms with Crippen LogP contribution in [0.5, 0.6) is 0 Å². The lowest BCUT2D eigenvalue weighted by Crippen LogP contribution is -2.60. The molecule has 0 rings (SSSR count). The van der Waals surface area contributed by atoms with E-state index in [2.05, 4.69) is 5.32 Å². The van der Waals surface area contributed by atoms with Crippen LogP contribution in [0.4, 0.5) is 0 Å². The topological polar surface area (TPSA) is 92.4 Å². The number of hydrogen-bond acceptors (Lipinski definition) is 3. The molecule has 5 heteroatoms. The van der Waals surface area contributed by atoms with Crippen LogP contribution in [0, 0.1) is 11.3 Å². The van der Waals surface area contributed by atoms with Gasteiger partial charge in [-0.3, -0.25) is 9.59 Å². The van der Waals surface area contributed by atoms with Crippen molar-refractivity contribution in [2.45, 2.75) is 53.1 Å². The lowest BCUT2D eigenvalue weighted by Gasteiger charge is -2.39. The van der Waals surface area contributed by atoms with Crippen LogP contribution in [0.3, 0.4) is 0 Å². The molecule has 0 unspecified atom stereocenters. The number of carboxylic acid groups (broad SMARTS) is 1. The van der Waals surface area contributed by atoms with Crippen LogP contribution in [-0.4, -0.2) is 28.6 Å². The molecule has 0 aliphatic rings. The summed E-state index contributed by atoms with van der Waals surface area (Å²) in [4.78, 5) is 23.0. The van der Waals surface area contributed by atoms with Crippen molar-refractivity contribution in [3.05, 3.63) is 0 Å². The molecule has 0 heterocycles. The average Bonchev–Trinajstić information content (AvgIpc) is 2.14. The normalized spacial score (nSPS) is 14.6. The summed E-state index contributed by atoms with van der Waals surface area (Å²) in [5, 5.41) is 11.9. The number of rotatable bonds is 5. The van der Waals surface area contributed by atoms with Crippen LogP contribution in [-0.2, 0) is 9.59 Å². The number of carboxylic acids is 1. The van der Waals surface area contributed by atoms with Gasteiger partial charge in [0.1, 0.15) is 0 Å². The Bertz CT molecular complexity index is 309. The largest absolute Gasteiger partial charge is 0.481 e. The summed E-state index contributed by atoms with van der Waals surface area (Å²) in [5.41, 5.74) is 3.78. The summed E-state index contributed by atoms with van der Waals surface area (Å²) < 4.78 is 0. The van der Waals surface area contributed by atoms with E-state index in [0.29, 0.717) is 0 Å². The Labute approximate surface area is 103 Å². The minimum Gasteiger partial charge on any atom is -0.481 e. The van der Waals surface area contributed by atoms with Gasteiger partial charge in [-0.05, 0) is 33.6 Å². The molecule has 0 aromatic carbocycles. The van der Waals surface area contributed by atoms with Crippen LogP contribution in [0.1, 0.15) is 41.5 Å². The number of nitrogens with one attached hydrogen (secondary N) is 1. The molecule has 0 bridgehead atoms. The molecule has 17 heavy (non-hydrogen) atoms. The first-order valence-electron chi connectivity index (χ1n) is 5.74. The number of carbonyl (C=O) groups is 2. The first-order valence-corrected chi connectivity index (χ1v) is 5.74. The van der Waals surface area contributed by atoms with Gasteiger partial charge in [0.05, 0.1) is 17.0 Å². The van der Waals surface area contributed by atoms with Crippen molar-refractivity contribution in [2.24, 2.45) is 17.1 Å². The summed E-state index contributed by atoms with van der Waals surface area (Å²) >= 11 is 0. The van der Waals surface area contributed by atoms with Gasteiger partial charge in [-0.1, -0.05) is 13.8 Å². The summed E-state index contributed by atoms with van der Waals surface area (Å²) in [6.45, 7) is 10.2. The fourth-order valence-corrected chi connectivity index (χ4v) is 1.12. The Morgan fingerprint density at radius 2 is 1.59 bits per heavy atom. The monoisotopic (exact) mass is 244 g/mol. The Morgan fingerprint density at radius 1 is 1.18 bits per heavy atom. The fraction of sp³-hybridized carbons (Fsp3) is 0.833. The van der Waals surface area contributed by atoms with Crippen molar-refractivity contribution in [2.75, 3.05) is 0 Å². The van der Waals surface area contributed by atoms with Gasteiger partial charge < -0.3 is 16.2 Å². The van der Waals surface area contributed by atoms with Gasteiger partial charge in [-0.25, -0.2) is 0 Å². The van der Waals surface area contributed by atoms with Gasteiger partial charge in [0, 0.05) is 0 Å². The second kappa shape index (κ2) is 5.04. The van der Waals surface area contributed by atoms with Crippen LogP contribution < -0.4 is 11.1 Å². The van der Waals surface area contributed by atoms with E-state index in [1.807, 2.05) is 13.8 Å². The third kappa shape index (κ3) is 3.43. The number of nitrogens with two attached hydrogens (primary N) is 1. The number of amides is 1. The molecule has 0 aromatic rings. The first kappa shape index (κ1) is 15.9.